The first-order valence-electron chi connectivity index (χ1n) is 4.58. The maximum atomic E-state index is 5.54. The third kappa shape index (κ3) is 2.44. The van der Waals surface area contributed by atoms with Crippen molar-refractivity contribution < 1.29 is 9.47 Å². The van der Waals surface area contributed by atoms with Gasteiger partial charge in [-0.25, -0.2) is 0 Å². The maximum absolute atomic E-state index is 5.54. The van der Waals surface area contributed by atoms with Gasteiger partial charge >= 0.3 is 0 Å². The summed E-state index contributed by atoms with van der Waals surface area (Å²) in [5.41, 5.74) is 0.0360. The summed E-state index contributed by atoms with van der Waals surface area (Å²) in [6.07, 6.45) is 3.35. The number of piperidine rings is 1. The molecule has 0 bridgehead atoms. The van der Waals surface area contributed by atoms with E-state index in [1.54, 1.807) is 14.2 Å². The van der Waals surface area contributed by atoms with Crippen LogP contribution in [0.15, 0.2) is 0 Å². The number of methoxy groups -OCH3 is 2. The van der Waals surface area contributed by atoms with Gasteiger partial charge in [-0.3, -0.25) is 0 Å². The van der Waals surface area contributed by atoms with E-state index in [0.29, 0.717) is 0 Å². The molecule has 0 saturated carbocycles. The van der Waals surface area contributed by atoms with Crippen molar-refractivity contribution in [2.45, 2.75) is 24.9 Å². The number of ether oxygens (including phenoxy) is 2. The van der Waals surface area contributed by atoms with Gasteiger partial charge in [-0.05, 0) is 19.4 Å². The Morgan fingerprint density at radius 2 is 2.25 bits per heavy atom. The van der Waals surface area contributed by atoms with E-state index in [0.717, 1.165) is 32.5 Å². The van der Waals surface area contributed by atoms with Gasteiger partial charge in [-0.2, -0.15) is 0 Å². The Kier molecular flexibility index (Phi) is 3.98. The molecule has 72 valence electrons. The van der Waals surface area contributed by atoms with Gasteiger partial charge in [0.25, 0.3) is 0 Å². The molecule has 1 unspecified atom stereocenters. The smallest absolute Gasteiger partial charge is 0.0824 e. The fourth-order valence-corrected chi connectivity index (χ4v) is 1.72. The molecule has 1 atom stereocenters. The molecule has 0 aromatic carbocycles. The highest BCUT2D eigenvalue weighted by Crippen LogP contribution is 2.23. The Bertz CT molecular complexity index is 122. The van der Waals surface area contributed by atoms with Gasteiger partial charge in [-0.1, -0.05) is 0 Å². The molecule has 1 saturated heterocycles. The van der Waals surface area contributed by atoms with E-state index >= 15 is 0 Å². The minimum Gasteiger partial charge on any atom is -0.385 e. The molecule has 0 amide bonds. The summed E-state index contributed by atoms with van der Waals surface area (Å²) < 4.78 is 10.6. The normalized spacial score (nSPS) is 30.5. The molecule has 0 spiro atoms. The lowest BCUT2D eigenvalue weighted by atomic mass is 9.91. The molecule has 0 radical (unpaired) electrons. The largest absolute Gasteiger partial charge is 0.385 e. The molecular weight excluding hydrogens is 154 g/mol. The van der Waals surface area contributed by atoms with E-state index in [1.807, 2.05) is 0 Å². The highest BCUT2D eigenvalue weighted by Gasteiger charge is 2.30. The summed E-state index contributed by atoms with van der Waals surface area (Å²) in [6, 6.07) is 0. The summed E-state index contributed by atoms with van der Waals surface area (Å²) in [6.45, 7) is 2.88. The first-order valence-corrected chi connectivity index (χ1v) is 4.58. The summed E-state index contributed by atoms with van der Waals surface area (Å²) in [7, 11) is 3.53. The summed E-state index contributed by atoms with van der Waals surface area (Å²) in [5.74, 6) is 0. The van der Waals surface area contributed by atoms with Crippen LogP contribution in [0, 0.1) is 0 Å². The molecule has 1 rings (SSSR count). The van der Waals surface area contributed by atoms with E-state index in [4.69, 9.17) is 9.47 Å². The molecule has 0 aromatic heterocycles. The van der Waals surface area contributed by atoms with Crippen molar-refractivity contribution in [3.05, 3.63) is 0 Å². The SMILES string of the molecule is COCCC1(OC)CCCNC1. The fourth-order valence-electron chi connectivity index (χ4n) is 1.72. The molecule has 1 heterocycles. The molecular formula is C9H19NO2. The van der Waals surface area contributed by atoms with E-state index in [-0.39, 0.29) is 5.60 Å². The van der Waals surface area contributed by atoms with Crippen LogP contribution in [0.4, 0.5) is 0 Å². The third-order valence-electron chi connectivity index (χ3n) is 2.63. The van der Waals surface area contributed by atoms with Crippen molar-refractivity contribution in [3.63, 3.8) is 0 Å². The molecule has 1 aliphatic heterocycles. The number of hydrogen-bond acceptors (Lipinski definition) is 3. The van der Waals surface area contributed by atoms with Gasteiger partial charge in [-0.15, -0.1) is 0 Å². The average molecular weight is 173 g/mol. The highest BCUT2D eigenvalue weighted by molar-refractivity contribution is 4.86. The molecule has 0 aromatic rings. The van der Waals surface area contributed by atoms with Gasteiger partial charge in [0, 0.05) is 33.8 Å². The van der Waals surface area contributed by atoms with Crippen molar-refractivity contribution >= 4 is 0 Å². The van der Waals surface area contributed by atoms with Crippen LogP contribution in [-0.4, -0.2) is 39.5 Å². The first kappa shape index (κ1) is 9.96. The molecule has 3 heteroatoms. The summed E-state index contributed by atoms with van der Waals surface area (Å²) in [4.78, 5) is 0. The average Bonchev–Trinajstić information content (AvgIpc) is 2.16. The van der Waals surface area contributed by atoms with E-state index in [1.165, 1.54) is 6.42 Å². The lowest BCUT2D eigenvalue weighted by Crippen LogP contribution is -2.47. The second-order valence-corrected chi connectivity index (χ2v) is 3.41. The Balaban J connectivity index is 2.37. The zero-order valence-corrected chi connectivity index (χ0v) is 8.06. The Morgan fingerprint density at radius 3 is 2.75 bits per heavy atom. The Morgan fingerprint density at radius 1 is 1.42 bits per heavy atom. The second kappa shape index (κ2) is 4.80. The Labute approximate surface area is 74.4 Å². The van der Waals surface area contributed by atoms with Crippen molar-refractivity contribution in [3.8, 4) is 0 Å². The van der Waals surface area contributed by atoms with E-state index in [9.17, 15) is 0 Å². The van der Waals surface area contributed by atoms with Crippen LogP contribution in [-0.2, 0) is 9.47 Å². The van der Waals surface area contributed by atoms with Crippen LogP contribution in [0.3, 0.4) is 0 Å². The lowest BCUT2D eigenvalue weighted by Gasteiger charge is -2.36. The molecule has 3 nitrogen and oxygen atoms in total. The molecule has 1 fully saturated rings. The number of nitrogens with one attached hydrogen (secondary N) is 1. The summed E-state index contributed by atoms with van der Waals surface area (Å²) >= 11 is 0. The number of rotatable bonds is 4. The number of hydrogen-bond donors (Lipinski definition) is 1. The van der Waals surface area contributed by atoms with Crippen LogP contribution < -0.4 is 5.32 Å². The van der Waals surface area contributed by atoms with Crippen LogP contribution in [0.5, 0.6) is 0 Å². The van der Waals surface area contributed by atoms with Crippen molar-refractivity contribution in [2.75, 3.05) is 33.9 Å². The van der Waals surface area contributed by atoms with Crippen LogP contribution in [0.25, 0.3) is 0 Å². The zero-order valence-electron chi connectivity index (χ0n) is 8.06. The maximum Gasteiger partial charge on any atom is 0.0824 e. The fraction of sp³-hybridized carbons (Fsp3) is 1.00. The topological polar surface area (TPSA) is 30.5 Å². The van der Waals surface area contributed by atoms with Crippen molar-refractivity contribution in [1.82, 2.24) is 5.32 Å². The van der Waals surface area contributed by atoms with Crippen molar-refractivity contribution in [2.24, 2.45) is 0 Å². The monoisotopic (exact) mass is 173 g/mol. The Hall–Kier alpha value is -0.120. The standard InChI is InChI=1S/C9H19NO2/c1-11-7-5-9(12-2)4-3-6-10-8-9/h10H,3-8H2,1-2H3. The third-order valence-corrected chi connectivity index (χ3v) is 2.63. The minimum atomic E-state index is 0.0360. The van der Waals surface area contributed by atoms with Gasteiger partial charge in [0.15, 0.2) is 0 Å². The summed E-state index contributed by atoms with van der Waals surface area (Å²) in [5, 5.41) is 3.35. The van der Waals surface area contributed by atoms with Gasteiger partial charge in [0.2, 0.25) is 0 Å². The highest BCUT2D eigenvalue weighted by atomic mass is 16.5. The van der Waals surface area contributed by atoms with Crippen LogP contribution >= 0.6 is 0 Å². The first-order chi connectivity index (χ1) is 5.83. The van der Waals surface area contributed by atoms with E-state index in [2.05, 4.69) is 5.32 Å². The van der Waals surface area contributed by atoms with Gasteiger partial charge < -0.3 is 14.8 Å². The predicted molar refractivity (Wildman–Crippen MR) is 48.3 cm³/mol. The second-order valence-electron chi connectivity index (χ2n) is 3.41. The van der Waals surface area contributed by atoms with Crippen LogP contribution in [0.2, 0.25) is 0 Å². The predicted octanol–water partition coefficient (Wildman–Crippen LogP) is 0.791. The quantitative estimate of drug-likeness (QED) is 0.682. The van der Waals surface area contributed by atoms with E-state index < -0.39 is 0 Å². The van der Waals surface area contributed by atoms with Crippen LogP contribution in [0.1, 0.15) is 19.3 Å². The molecule has 1 N–H and O–H groups in total. The van der Waals surface area contributed by atoms with Gasteiger partial charge in [0.1, 0.15) is 0 Å². The molecule has 0 aliphatic carbocycles. The zero-order chi connectivity index (χ0) is 8.86. The van der Waals surface area contributed by atoms with Gasteiger partial charge in [0.05, 0.1) is 5.60 Å². The molecule has 12 heavy (non-hydrogen) atoms. The minimum absolute atomic E-state index is 0.0360. The molecule has 1 aliphatic rings. The lowest BCUT2D eigenvalue weighted by molar-refractivity contribution is -0.0479. The van der Waals surface area contributed by atoms with Crippen molar-refractivity contribution in [1.29, 1.82) is 0 Å².